The van der Waals surface area contributed by atoms with Gasteiger partial charge in [0.2, 0.25) is 0 Å². The Morgan fingerprint density at radius 3 is 2.43 bits per heavy atom. The van der Waals surface area contributed by atoms with E-state index in [0.29, 0.717) is 11.5 Å². The van der Waals surface area contributed by atoms with Gasteiger partial charge in [0.15, 0.2) is 11.5 Å². The number of para-hydroxylation sites is 2. The number of fused-ring (bicyclic) bond motifs is 1. The number of rotatable bonds is 5. The smallest absolute Gasteiger partial charge is 0.168 e. The Bertz CT molecular complexity index is 1320. The van der Waals surface area contributed by atoms with Crippen molar-refractivity contribution in [2.75, 3.05) is 5.43 Å². The molecule has 0 radical (unpaired) electrons. The Balaban J connectivity index is 1.40. The van der Waals surface area contributed by atoms with Crippen LogP contribution in [0.3, 0.4) is 0 Å². The summed E-state index contributed by atoms with van der Waals surface area (Å²) in [4.78, 5) is 8.69. The van der Waals surface area contributed by atoms with Crippen LogP contribution in [-0.4, -0.2) is 35.7 Å². The van der Waals surface area contributed by atoms with E-state index in [1.165, 1.54) is 6.33 Å². The van der Waals surface area contributed by atoms with Crippen molar-refractivity contribution >= 4 is 23.1 Å². The lowest BCUT2D eigenvalue weighted by Crippen LogP contribution is -1.99. The van der Waals surface area contributed by atoms with Crippen molar-refractivity contribution in [3.05, 3.63) is 90.6 Å². The van der Waals surface area contributed by atoms with Gasteiger partial charge in [-0.1, -0.05) is 36.4 Å². The number of benzene rings is 2. The van der Waals surface area contributed by atoms with E-state index in [2.05, 4.69) is 30.7 Å². The fourth-order valence-corrected chi connectivity index (χ4v) is 3.17. The molecule has 0 saturated carbocycles. The van der Waals surface area contributed by atoms with Gasteiger partial charge in [0.1, 0.15) is 6.33 Å². The summed E-state index contributed by atoms with van der Waals surface area (Å²) in [5.74, 6) is 0.589. The predicted octanol–water partition coefficient (Wildman–Crippen LogP) is 3.76. The molecule has 0 aliphatic carbocycles. The largest absolute Gasteiger partial charge is 0.261 e. The molecule has 0 atom stereocenters. The van der Waals surface area contributed by atoms with Crippen molar-refractivity contribution in [3.63, 3.8) is 0 Å². The summed E-state index contributed by atoms with van der Waals surface area (Å²) in [7, 11) is 0. The van der Waals surface area contributed by atoms with Gasteiger partial charge in [0.05, 0.1) is 34.9 Å². The van der Waals surface area contributed by atoms with Crippen LogP contribution in [0.25, 0.3) is 22.4 Å². The second-order valence-corrected chi connectivity index (χ2v) is 6.67. The lowest BCUT2D eigenvalue weighted by molar-refractivity contribution is 0.863. The monoisotopic (exact) mass is 394 g/mol. The fraction of sp³-hybridized carbons (Fsp3) is 0.0455. The maximum atomic E-state index is 4.55. The molecule has 0 spiro atoms. The lowest BCUT2D eigenvalue weighted by Gasteiger charge is -2.03. The number of hydrazone groups is 1. The molecule has 30 heavy (non-hydrogen) atoms. The SMILES string of the molecule is Cc1nn(-c2ccccc2)cc1/C=N/Nc1ncnc2c1cnn2-c1ccccc1. The molecular formula is C22H18N8. The molecule has 8 nitrogen and oxygen atoms in total. The molecule has 3 heterocycles. The Labute approximate surface area is 172 Å². The molecule has 2 aromatic carbocycles. The number of hydrogen-bond acceptors (Lipinski definition) is 6. The van der Waals surface area contributed by atoms with E-state index < -0.39 is 0 Å². The van der Waals surface area contributed by atoms with Gasteiger partial charge >= 0.3 is 0 Å². The van der Waals surface area contributed by atoms with E-state index in [1.807, 2.05) is 78.5 Å². The standard InChI is InChI=1S/C22H18N8/c1-16-17(14-29(28-16)18-8-4-2-5-9-18)12-25-27-21-20-13-26-30(22(20)24-15-23-21)19-10-6-3-7-11-19/h2-15H,1H3,(H,23,24,27)/b25-12+. The van der Waals surface area contributed by atoms with E-state index in [9.17, 15) is 0 Å². The molecule has 0 fully saturated rings. The van der Waals surface area contributed by atoms with Crippen LogP contribution >= 0.6 is 0 Å². The van der Waals surface area contributed by atoms with Gasteiger partial charge < -0.3 is 0 Å². The normalized spacial score (nSPS) is 11.4. The molecule has 0 aliphatic rings. The highest BCUT2D eigenvalue weighted by Gasteiger charge is 2.10. The molecule has 3 aromatic heterocycles. The molecule has 0 bridgehead atoms. The summed E-state index contributed by atoms with van der Waals surface area (Å²) in [5.41, 5.74) is 7.45. The third-order valence-corrected chi connectivity index (χ3v) is 4.70. The second kappa shape index (κ2) is 7.59. The minimum atomic E-state index is 0.589. The van der Waals surface area contributed by atoms with Crippen LogP contribution in [0, 0.1) is 6.92 Å². The number of nitrogens with one attached hydrogen (secondary N) is 1. The average Bonchev–Trinajstić information content (AvgIpc) is 3.39. The van der Waals surface area contributed by atoms with Gasteiger partial charge in [-0.05, 0) is 31.2 Å². The van der Waals surface area contributed by atoms with Crippen molar-refractivity contribution in [1.29, 1.82) is 0 Å². The van der Waals surface area contributed by atoms with Gasteiger partial charge in [0.25, 0.3) is 0 Å². The number of aromatic nitrogens is 6. The van der Waals surface area contributed by atoms with E-state index >= 15 is 0 Å². The van der Waals surface area contributed by atoms with Gasteiger partial charge in [-0.15, -0.1) is 0 Å². The first-order valence-electron chi connectivity index (χ1n) is 9.44. The summed E-state index contributed by atoms with van der Waals surface area (Å²) in [6, 6.07) is 19.8. The number of nitrogens with zero attached hydrogens (tertiary/aromatic N) is 7. The predicted molar refractivity (Wildman–Crippen MR) is 116 cm³/mol. The molecule has 5 rings (SSSR count). The highest BCUT2D eigenvalue weighted by Crippen LogP contribution is 2.21. The van der Waals surface area contributed by atoms with Crippen molar-refractivity contribution in [2.45, 2.75) is 6.92 Å². The molecule has 1 N–H and O–H groups in total. The molecule has 0 unspecified atom stereocenters. The minimum Gasteiger partial charge on any atom is -0.261 e. The average molecular weight is 394 g/mol. The van der Waals surface area contributed by atoms with Gasteiger partial charge in [-0.25, -0.2) is 19.3 Å². The van der Waals surface area contributed by atoms with E-state index in [1.54, 1.807) is 17.1 Å². The molecule has 146 valence electrons. The molecule has 0 aliphatic heterocycles. The van der Waals surface area contributed by atoms with Crippen molar-refractivity contribution in [2.24, 2.45) is 5.10 Å². The maximum absolute atomic E-state index is 4.55. The van der Waals surface area contributed by atoms with E-state index in [4.69, 9.17) is 0 Å². The van der Waals surface area contributed by atoms with Crippen LogP contribution in [0.15, 0.2) is 84.5 Å². The third kappa shape index (κ3) is 3.30. The first kappa shape index (κ1) is 17.7. The van der Waals surface area contributed by atoms with Crippen LogP contribution in [0.2, 0.25) is 0 Å². The third-order valence-electron chi connectivity index (χ3n) is 4.70. The fourth-order valence-electron chi connectivity index (χ4n) is 3.17. The van der Waals surface area contributed by atoms with Crippen LogP contribution in [0.4, 0.5) is 5.82 Å². The first-order valence-corrected chi connectivity index (χ1v) is 9.44. The quantitative estimate of drug-likeness (QED) is 0.362. The zero-order valence-electron chi connectivity index (χ0n) is 16.2. The van der Waals surface area contributed by atoms with Crippen LogP contribution in [0.5, 0.6) is 0 Å². The summed E-state index contributed by atoms with van der Waals surface area (Å²) in [6.45, 7) is 1.95. The molecule has 8 heteroatoms. The Morgan fingerprint density at radius 1 is 0.933 bits per heavy atom. The first-order chi connectivity index (χ1) is 14.8. The van der Waals surface area contributed by atoms with Crippen molar-refractivity contribution in [1.82, 2.24) is 29.5 Å². The summed E-state index contributed by atoms with van der Waals surface area (Å²) >= 11 is 0. The number of aryl methyl sites for hydroxylation is 1. The van der Waals surface area contributed by atoms with Crippen LogP contribution < -0.4 is 5.43 Å². The minimum absolute atomic E-state index is 0.589. The van der Waals surface area contributed by atoms with Crippen molar-refractivity contribution < 1.29 is 0 Å². The van der Waals surface area contributed by atoms with Crippen LogP contribution in [-0.2, 0) is 0 Å². The molecule has 0 saturated heterocycles. The zero-order chi connectivity index (χ0) is 20.3. The van der Waals surface area contributed by atoms with Gasteiger partial charge in [0, 0.05) is 11.8 Å². The maximum Gasteiger partial charge on any atom is 0.168 e. The summed E-state index contributed by atoms with van der Waals surface area (Å²) < 4.78 is 3.61. The topological polar surface area (TPSA) is 85.8 Å². The number of hydrogen-bond donors (Lipinski definition) is 1. The number of anilines is 1. The lowest BCUT2D eigenvalue weighted by atomic mass is 10.3. The van der Waals surface area contributed by atoms with Crippen molar-refractivity contribution in [3.8, 4) is 11.4 Å². The molecule has 5 aromatic rings. The van der Waals surface area contributed by atoms with E-state index in [0.717, 1.165) is 28.0 Å². The highest BCUT2D eigenvalue weighted by atomic mass is 15.3. The van der Waals surface area contributed by atoms with Crippen LogP contribution in [0.1, 0.15) is 11.3 Å². The Morgan fingerprint density at radius 2 is 1.67 bits per heavy atom. The Hall–Kier alpha value is -4.33. The zero-order valence-corrected chi connectivity index (χ0v) is 16.2. The Kier molecular flexibility index (Phi) is 4.49. The molecule has 0 amide bonds. The van der Waals surface area contributed by atoms with Gasteiger partial charge in [-0.3, -0.25) is 5.43 Å². The van der Waals surface area contributed by atoms with E-state index in [-0.39, 0.29) is 0 Å². The highest BCUT2D eigenvalue weighted by molar-refractivity contribution is 5.88. The van der Waals surface area contributed by atoms with Gasteiger partial charge in [-0.2, -0.15) is 15.3 Å². The molecular weight excluding hydrogens is 376 g/mol. The summed E-state index contributed by atoms with van der Waals surface area (Å²) in [6.07, 6.45) is 6.91. The summed E-state index contributed by atoms with van der Waals surface area (Å²) in [5, 5.41) is 14.1. The second-order valence-electron chi connectivity index (χ2n) is 6.67.